The minimum Gasteiger partial charge on any atom is -0.386 e. The molecular weight excluding hydrogens is 496 g/mol. The van der Waals surface area contributed by atoms with Crippen molar-refractivity contribution in [1.29, 1.82) is 0 Å². The Balaban J connectivity index is 1.69. The number of nitrogens with zero attached hydrogens (tertiary/aromatic N) is 1. The number of hydrogen-bond donors (Lipinski definition) is 2. The third-order valence-electron chi connectivity index (χ3n) is 6.50. The van der Waals surface area contributed by atoms with E-state index in [9.17, 15) is 14.6 Å². The second kappa shape index (κ2) is 10.7. The Kier molecular flexibility index (Phi) is 7.82. The molecule has 2 N–H and O–H groups in total. The van der Waals surface area contributed by atoms with E-state index < -0.39 is 11.4 Å². The first-order valence-corrected chi connectivity index (χ1v) is 12.5. The standard InChI is InChI=1S/C30H29Cl2FNO2/c1-4-19-13-22(15-29(33)27(19)18-35)20-6-10-25(11-7-20)34-17-23(30(2,3)36)8-12-26(34)14-21-5-9-24(31)16-28(21)32/h4-7,9-13,15-17,35-36H,8,14,18H2,1-3H3/q+1. The molecule has 0 atom stereocenters. The molecule has 3 aromatic rings. The molecule has 0 saturated heterocycles. The van der Waals surface area contributed by atoms with Crippen molar-refractivity contribution in [2.45, 2.75) is 45.8 Å². The predicted molar refractivity (Wildman–Crippen MR) is 147 cm³/mol. The van der Waals surface area contributed by atoms with Gasteiger partial charge in [-0.05, 0) is 61.2 Å². The van der Waals surface area contributed by atoms with Gasteiger partial charge in [0.25, 0.3) is 0 Å². The molecule has 0 saturated carbocycles. The quantitative estimate of drug-likeness (QED) is 0.309. The molecule has 0 aliphatic carbocycles. The van der Waals surface area contributed by atoms with Crippen LogP contribution in [0, 0.1) is 12.2 Å². The SMILES string of the molecule is C[CH+]c1cc(-c2ccc(N3C=C(C(C)(C)O)CC=C3Cc3ccc(Cl)cc3Cl)cc2)cc(F)c1CO. The van der Waals surface area contributed by atoms with Gasteiger partial charge >= 0.3 is 0 Å². The second-order valence-electron chi connectivity index (χ2n) is 9.41. The highest BCUT2D eigenvalue weighted by Gasteiger charge is 2.25. The highest BCUT2D eigenvalue weighted by Crippen LogP contribution is 2.35. The van der Waals surface area contributed by atoms with Gasteiger partial charge in [-0.15, -0.1) is 0 Å². The van der Waals surface area contributed by atoms with Gasteiger partial charge in [0.15, 0.2) is 5.82 Å². The van der Waals surface area contributed by atoms with Crippen LogP contribution >= 0.6 is 23.2 Å². The van der Waals surface area contributed by atoms with E-state index in [4.69, 9.17) is 23.2 Å². The molecule has 6 heteroatoms. The molecule has 0 radical (unpaired) electrons. The van der Waals surface area contributed by atoms with Gasteiger partial charge < -0.3 is 15.1 Å². The molecule has 0 amide bonds. The average Bonchev–Trinajstić information content (AvgIpc) is 2.84. The zero-order chi connectivity index (χ0) is 26.0. The van der Waals surface area contributed by atoms with Crippen LogP contribution in [0.4, 0.5) is 10.1 Å². The van der Waals surface area contributed by atoms with Crippen molar-refractivity contribution in [3.05, 3.63) is 117 Å². The molecule has 0 fully saturated rings. The molecule has 3 aromatic carbocycles. The zero-order valence-corrected chi connectivity index (χ0v) is 22.0. The van der Waals surface area contributed by atoms with Gasteiger partial charge in [-0.1, -0.05) is 47.5 Å². The van der Waals surface area contributed by atoms with Crippen LogP contribution in [0.1, 0.15) is 43.9 Å². The zero-order valence-electron chi connectivity index (χ0n) is 20.5. The van der Waals surface area contributed by atoms with E-state index in [0.29, 0.717) is 34.0 Å². The van der Waals surface area contributed by atoms with E-state index in [1.807, 2.05) is 55.6 Å². The van der Waals surface area contributed by atoms with Gasteiger partial charge in [-0.2, -0.15) is 4.39 Å². The Morgan fingerprint density at radius 3 is 2.36 bits per heavy atom. The summed E-state index contributed by atoms with van der Waals surface area (Å²) in [5.74, 6) is -0.425. The highest BCUT2D eigenvalue weighted by molar-refractivity contribution is 6.35. The van der Waals surface area contributed by atoms with Gasteiger partial charge in [-0.3, -0.25) is 0 Å². The maximum atomic E-state index is 14.6. The molecule has 36 heavy (non-hydrogen) atoms. The normalized spacial score (nSPS) is 13.9. The van der Waals surface area contributed by atoms with Crippen LogP contribution in [0.5, 0.6) is 0 Å². The first kappa shape index (κ1) is 26.3. The molecule has 0 aromatic heterocycles. The monoisotopic (exact) mass is 524 g/mol. The van der Waals surface area contributed by atoms with Crippen LogP contribution in [-0.4, -0.2) is 15.8 Å². The minimum atomic E-state index is -0.961. The largest absolute Gasteiger partial charge is 0.386 e. The Bertz CT molecular complexity index is 1320. The Labute approximate surface area is 222 Å². The molecule has 0 bridgehead atoms. The summed E-state index contributed by atoms with van der Waals surface area (Å²) < 4.78 is 14.6. The molecular formula is C30H29Cl2FNO2+. The molecule has 3 nitrogen and oxygen atoms in total. The number of allylic oxidation sites excluding steroid dienone is 2. The van der Waals surface area contributed by atoms with Gasteiger partial charge in [0.1, 0.15) is 17.7 Å². The molecule has 0 spiro atoms. The molecule has 0 unspecified atom stereocenters. The summed E-state index contributed by atoms with van der Waals surface area (Å²) in [6, 6.07) is 16.7. The molecule has 1 aliphatic rings. The summed E-state index contributed by atoms with van der Waals surface area (Å²) in [7, 11) is 0. The smallest absolute Gasteiger partial charge is 0.186 e. The number of benzene rings is 3. The maximum absolute atomic E-state index is 14.6. The van der Waals surface area contributed by atoms with Gasteiger partial charge in [0.05, 0.1) is 11.7 Å². The summed E-state index contributed by atoms with van der Waals surface area (Å²) in [5, 5.41) is 21.3. The molecule has 186 valence electrons. The fourth-order valence-electron chi connectivity index (χ4n) is 4.35. The van der Waals surface area contributed by atoms with E-state index in [1.54, 1.807) is 26.3 Å². The summed E-state index contributed by atoms with van der Waals surface area (Å²) >= 11 is 12.5. The van der Waals surface area contributed by atoms with Gasteiger partial charge in [-0.25, -0.2) is 0 Å². The maximum Gasteiger partial charge on any atom is 0.186 e. The summed E-state index contributed by atoms with van der Waals surface area (Å²) in [6.07, 6.45) is 7.11. The first-order valence-electron chi connectivity index (χ1n) is 11.8. The van der Waals surface area contributed by atoms with Crippen LogP contribution < -0.4 is 4.90 Å². The van der Waals surface area contributed by atoms with Gasteiger partial charge in [0, 0.05) is 59.0 Å². The van der Waals surface area contributed by atoms with Crippen molar-refractivity contribution < 1.29 is 14.6 Å². The van der Waals surface area contributed by atoms with Crippen LogP contribution in [0.2, 0.25) is 10.0 Å². The van der Waals surface area contributed by atoms with Crippen LogP contribution in [0.3, 0.4) is 0 Å². The lowest BCUT2D eigenvalue weighted by atomic mass is 9.92. The van der Waals surface area contributed by atoms with Crippen molar-refractivity contribution in [3.63, 3.8) is 0 Å². The third-order valence-corrected chi connectivity index (χ3v) is 7.09. The topological polar surface area (TPSA) is 43.7 Å². The van der Waals surface area contributed by atoms with E-state index >= 15 is 0 Å². The Morgan fingerprint density at radius 1 is 1.03 bits per heavy atom. The van der Waals surface area contributed by atoms with Gasteiger partial charge in [0.2, 0.25) is 0 Å². The lowest BCUT2D eigenvalue weighted by Crippen LogP contribution is -2.29. The van der Waals surface area contributed by atoms with E-state index in [1.165, 1.54) is 6.07 Å². The van der Waals surface area contributed by atoms with Crippen molar-refractivity contribution >= 4 is 28.9 Å². The van der Waals surface area contributed by atoms with Crippen molar-refractivity contribution in [1.82, 2.24) is 0 Å². The Morgan fingerprint density at radius 2 is 1.75 bits per heavy atom. The van der Waals surface area contributed by atoms with E-state index in [0.717, 1.165) is 33.6 Å². The lowest BCUT2D eigenvalue weighted by molar-refractivity contribution is 0.117. The molecule has 1 heterocycles. The van der Waals surface area contributed by atoms with Crippen LogP contribution in [0.25, 0.3) is 11.1 Å². The average molecular weight is 525 g/mol. The van der Waals surface area contributed by atoms with Crippen molar-refractivity contribution in [2.24, 2.45) is 0 Å². The van der Waals surface area contributed by atoms with E-state index in [2.05, 4.69) is 11.0 Å². The van der Waals surface area contributed by atoms with Crippen LogP contribution in [-0.2, 0) is 13.0 Å². The second-order valence-corrected chi connectivity index (χ2v) is 10.3. The number of halogens is 3. The fraction of sp³-hybridized carbons (Fsp3) is 0.233. The molecule has 1 aliphatic heterocycles. The summed E-state index contributed by atoms with van der Waals surface area (Å²) in [5.41, 5.74) is 5.39. The first-order chi connectivity index (χ1) is 17.1. The van der Waals surface area contributed by atoms with E-state index in [-0.39, 0.29) is 6.61 Å². The number of aliphatic hydroxyl groups is 2. The van der Waals surface area contributed by atoms with Crippen molar-refractivity contribution in [3.8, 4) is 11.1 Å². The lowest BCUT2D eigenvalue weighted by Gasteiger charge is -2.33. The molecule has 4 rings (SSSR count). The third kappa shape index (κ3) is 5.63. The summed E-state index contributed by atoms with van der Waals surface area (Å²) in [6.45, 7) is 5.04. The predicted octanol–water partition coefficient (Wildman–Crippen LogP) is 7.86. The highest BCUT2D eigenvalue weighted by atomic mass is 35.5. The number of rotatable bonds is 7. The summed E-state index contributed by atoms with van der Waals surface area (Å²) in [4.78, 5) is 2.06. The van der Waals surface area contributed by atoms with Crippen molar-refractivity contribution in [2.75, 3.05) is 4.90 Å². The number of anilines is 1. The fourth-order valence-corrected chi connectivity index (χ4v) is 4.82. The van der Waals surface area contributed by atoms with Crippen LogP contribution in [0.15, 0.2) is 78.1 Å². The minimum absolute atomic E-state index is 0.297. The number of hydrogen-bond acceptors (Lipinski definition) is 3. The number of aliphatic hydroxyl groups excluding tert-OH is 1. The Hall–Kier alpha value is -2.76.